The zero-order chi connectivity index (χ0) is 31.4. The molecule has 0 unspecified atom stereocenters. The monoisotopic (exact) mass is 618 g/mol. The first-order valence-corrected chi connectivity index (χ1v) is 14.0. The Bertz CT molecular complexity index is 1110. The van der Waals surface area contributed by atoms with Gasteiger partial charge >= 0.3 is 19.5 Å². The summed E-state index contributed by atoms with van der Waals surface area (Å²) in [6.45, 7) is 29.3. The van der Waals surface area contributed by atoms with Crippen molar-refractivity contribution in [2.75, 3.05) is 13.2 Å². The summed E-state index contributed by atoms with van der Waals surface area (Å²) in [5.41, 5.74) is 3.40. The van der Waals surface area contributed by atoms with E-state index >= 15 is 0 Å². The van der Waals surface area contributed by atoms with E-state index in [2.05, 4.69) is 95.2 Å². The van der Waals surface area contributed by atoms with E-state index in [-0.39, 0.29) is 52.3 Å². The average molecular weight is 620 g/mol. The second kappa shape index (κ2) is 14.2. The van der Waals surface area contributed by atoms with Gasteiger partial charge in [0.1, 0.15) is 11.5 Å². The molecule has 0 amide bonds. The molecule has 0 aliphatic rings. The van der Waals surface area contributed by atoms with Crippen LogP contribution in [0.1, 0.15) is 140 Å². The molecule has 0 saturated heterocycles. The summed E-state index contributed by atoms with van der Waals surface area (Å²) >= 11 is 0. The first-order chi connectivity index (χ1) is 18.0. The van der Waals surface area contributed by atoms with Crippen LogP contribution in [0.2, 0.25) is 0 Å². The number of carboxylic acids is 2. The zero-order valence-electron chi connectivity index (χ0n) is 27.9. The third-order valence-electron chi connectivity index (χ3n) is 6.54. The first-order valence-electron chi connectivity index (χ1n) is 14.0. The Morgan fingerprint density at radius 2 is 0.829 bits per heavy atom. The molecule has 41 heavy (non-hydrogen) atoms. The van der Waals surface area contributed by atoms with Crippen LogP contribution in [0, 0.1) is 0 Å². The number of hydrogen-bond acceptors (Lipinski definition) is 6. The Balaban J connectivity index is 0.000000762. The van der Waals surface area contributed by atoms with Crippen LogP contribution < -0.4 is 19.7 Å². The van der Waals surface area contributed by atoms with Gasteiger partial charge in [-0.15, -0.1) is 0 Å². The quantitative estimate of drug-likeness (QED) is 0.363. The largest absolute Gasteiger partial charge is 2.00 e. The molecule has 0 heterocycles. The summed E-state index contributed by atoms with van der Waals surface area (Å²) in [6, 6.07) is 7.46. The topological polar surface area (TPSA) is 98.7 Å². The van der Waals surface area contributed by atoms with Crippen LogP contribution in [-0.2, 0) is 41.1 Å². The maximum absolute atomic E-state index is 11.5. The number of rotatable bonds is 6. The van der Waals surface area contributed by atoms with E-state index in [9.17, 15) is 19.8 Å². The van der Waals surface area contributed by atoms with Crippen LogP contribution in [0.4, 0.5) is 0 Å². The van der Waals surface area contributed by atoms with Crippen molar-refractivity contribution in [3.8, 4) is 11.5 Å². The van der Waals surface area contributed by atoms with E-state index in [1.807, 2.05) is 13.8 Å². The van der Waals surface area contributed by atoms with E-state index in [1.165, 1.54) is 0 Å². The van der Waals surface area contributed by atoms with Gasteiger partial charge in [-0.1, -0.05) is 95.2 Å². The Morgan fingerprint density at radius 1 is 0.561 bits per heavy atom. The fourth-order valence-electron chi connectivity index (χ4n) is 4.14. The molecule has 7 heteroatoms. The second-order valence-electron chi connectivity index (χ2n) is 14.2. The standard InChI is InChI=1S/2C17H26O3.Zn/c2*1-8-20-14-12(15(18)19)9-11(16(2,3)4)10-13(14)17(5,6)7;/h2*9-10H,8H2,1-7H3,(H,18,19);/q;;+2/p-2. The van der Waals surface area contributed by atoms with Crippen molar-refractivity contribution < 1.29 is 48.8 Å². The van der Waals surface area contributed by atoms with Gasteiger partial charge in [0.15, 0.2) is 0 Å². The summed E-state index contributed by atoms with van der Waals surface area (Å²) in [4.78, 5) is 22.9. The number of aromatic carboxylic acids is 2. The summed E-state index contributed by atoms with van der Waals surface area (Å²) in [6.07, 6.45) is 0. The molecule has 2 aromatic rings. The minimum atomic E-state index is -1.19. The average Bonchev–Trinajstić information content (AvgIpc) is 2.76. The number of benzene rings is 2. The molecule has 0 saturated carbocycles. The summed E-state index contributed by atoms with van der Waals surface area (Å²) in [7, 11) is 0. The third-order valence-corrected chi connectivity index (χ3v) is 6.54. The van der Waals surface area contributed by atoms with E-state index in [4.69, 9.17) is 9.47 Å². The summed E-state index contributed by atoms with van der Waals surface area (Å²) in [5, 5.41) is 22.9. The second-order valence-corrected chi connectivity index (χ2v) is 14.2. The van der Waals surface area contributed by atoms with Crippen molar-refractivity contribution >= 4 is 11.9 Å². The van der Waals surface area contributed by atoms with Crippen LogP contribution in [0.15, 0.2) is 24.3 Å². The number of carbonyl (C=O) groups excluding carboxylic acids is 2. The van der Waals surface area contributed by atoms with Gasteiger partial charge in [0.05, 0.1) is 25.2 Å². The number of hydrogen-bond donors (Lipinski definition) is 0. The van der Waals surface area contributed by atoms with Crippen LogP contribution in [0.3, 0.4) is 0 Å². The van der Waals surface area contributed by atoms with Crippen LogP contribution in [0.25, 0.3) is 0 Å². The zero-order valence-corrected chi connectivity index (χ0v) is 30.8. The van der Waals surface area contributed by atoms with Gasteiger partial charge < -0.3 is 29.3 Å². The van der Waals surface area contributed by atoms with Gasteiger partial charge in [0.25, 0.3) is 0 Å². The predicted molar refractivity (Wildman–Crippen MR) is 159 cm³/mol. The van der Waals surface area contributed by atoms with Crippen molar-refractivity contribution in [1.82, 2.24) is 0 Å². The van der Waals surface area contributed by atoms with Crippen molar-refractivity contribution in [2.24, 2.45) is 0 Å². The maximum atomic E-state index is 11.5. The molecule has 0 spiro atoms. The van der Waals surface area contributed by atoms with Gasteiger partial charge in [0.2, 0.25) is 0 Å². The van der Waals surface area contributed by atoms with Crippen molar-refractivity contribution in [3.63, 3.8) is 0 Å². The van der Waals surface area contributed by atoms with Crippen LogP contribution >= 0.6 is 0 Å². The first kappa shape index (κ1) is 38.6. The number of ether oxygens (including phenoxy) is 2. The van der Waals surface area contributed by atoms with E-state index in [0.717, 1.165) is 22.3 Å². The Morgan fingerprint density at radius 3 is 1.00 bits per heavy atom. The Labute approximate surface area is 261 Å². The molecule has 0 aromatic heterocycles. The molecule has 0 atom stereocenters. The van der Waals surface area contributed by atoms with Gasteiger partial charge in [-0.05, 0) is 58.8 Å². The SMILES string of the molecule is CCOc1c(C(=O)[O-])cc(C(C)(C)C)cc1C(C)(C)C.CCOc1c(C(=O)[O-])cc(C(C)(C)C)cc1C(C)(C)C.[Zn+2]. The van der Waals surface area contributed by atoms with Gasteiger partial charge in [0, 0.05) is 22.3 Å². The fourth-order valence-corrected chi connectivity index (χ4v) is 4.14. The molecule has 0 aliphatic carbocycles. The molecule has 0 bridgehead atoms. The van der Waals surface area contributed by atoms with Crippen molar-refractivity contribution in [3.05, 3.63) is 57.6 Å². The minimum absolute atomic E-state index is 0. The molecule has 224 valence electrons. The summed E-state index contributed by atoms with van der Waals surface area (Å²) < 4.78 is 11.2. The summed E-state index contributed by atoms with van der Waals surface area (Å²) in [5.74, 6) is -1.50. The predicted octanol–water partition coefficient (Wildman–Crippen LogP) is 6.09. The molecule has 0 N–H and O–H groups in total. The normalized spacial score (nSPS) is 12.0. The van der Waals surface area contributed by atoms with Crippen LogP contribution in [0.5, 0.6) is 11.5 Å². The molecule has 6 nitrogen and oxygen atoms in total. The van der Waals surface area contributed by atoms with E-state index in [1.54, 1.807) is 12.1 Å². The molecule has 0 aliphatic heterocycles. The van der Waals surface area contributed by atoms with E-state index in [0.29, 0.717) is 24.7 Å². The van der Waals surface area contributed by atoms with Crippen molar-refractivity contribution in [1.29, 1.82) is 0 Å². The molecule has 0 fully saturated rings. The maximum Gasteiger partial charge on any atom is 2.00 e. The molecule has 2 rings (SSSR count). The Hall–Kier alpha value is -2.40. The molecular formula is C34H50O6Zn. The third kappa shape index (κ3) is 10.4. The number of carboxylic acid groups (broad SMARTS) is 2. The van der Waals surface area contributed by atoms with Crippen molar-refractivity contribution in [2.45, 2.75) is 119 Å². The number of carbonyl (C=O) groups is 2. The van der Waals surface area contributed by atoms with Gasteiger partial charge in [-0.2, -0.15) is 0 Å². The van der Waals surface area contributed by atoms with Gasteiger partial charge in [-0.25, -0.2) is 0 Å². The smallest absolute Gasteiger partial charge is 0.545 e. The molecule has 2 aromatic carbocycles. The van der Waals surface area contributed by atoms with Crippen LogP contribution in [-0.4, -0.2) is 25.2 Å². The van der Waals surface area contributed by atoms with Gasteiger partial charge in [-0.3, -0.25) is 0 Å². The molecule has 0 radical (unpaired) electrons. The Kier molecular flexibility index (Phi) is 13.4. The van der Waals surface area contributed by atoms with E-state index < -0.39 is 11.9 Å². The minimum Gasteiger partial charge on any atom is -0.545 e. The molecular weight excluding hydrogens is 570 g/mol. The fraction of sp³-hybridized carbons (Fsp3) is 0.588.